The van der Waals surface area contributed by atoms with Crippen molar-refractivity contribution in [2.24, 2.45) is 0 Å². The summed E-state index contributed by atoms with van der Waals surface area (Å²) >= 11 is 5.61. The first-order valence-corrected chi connectivity index (χ1v) is 19.9. The van der Waals surface area contributed by atoms with E-state index in [9.17, 15) is 0 Å². The summed E-state index contributed by atoms with van der Waals surface area (Å²) in [7, 11) is 0. The number of anilines is 3. The second kappa shape index (κ2) is 11.9. The molecule has 11 aromatic rings. The first-order valence-electron chi connectivity index (χ1n) is 17.5. The van der Waals surface area contributed by atoms with Crippen LogP contribution in [-0.2, 0) is 0 Å². The fourth-order valence-corrected chi connectivity index (χ4v) is 11.3. The molecule has 0 saturated carbocycles. The molecule has 3 aromatic heterocycles. The van der Waals surface area contributed by atoms with Gasteiger partial charge in [0.05, 0.1) is 5.69 Å². The van der Waals surface area contributed by atoms with Gasteiger partial charge in [0, 0.05) is 71.9 Å². The van der Waals surface area contributed by atoms with Gasteiger partial charge in [-0.25, -0.2) is 0 Å². The molecule has 0 N–H and O–H groups in total. The van der Waals surface area contributed by atoms with E-state index in [2.05, 4.69) is 181 Å². The maximum Gasteiger partial charge on any atom is 0.0554 e. The van der Waals surface area contributed by atoms with Crippen LogP contribution in [0.5, 0.6) is 0 Å². The summed E-state index contributed by atoms with van der Waals surface area (Å²) in [5.74, 6) is 0. The normalized spacial score (nSPS) is 11.8. The Morgan fingerprint density at radius 3 is 1.62 bits per heavy atom. The molecule has 0 unspecified atom stereocenters. The lowest BCUT2D eigenvalue weighted by Gasteiger charge is -2.27. The van der Waals surface area contributed by atoms with E-state index >= 15 is 0 Å². The molecule has 0 fully saturated rings. The molecule has 0 atom stereocenters. The molecule has 0 spiro atoms. The largest absolute Gasteiger partial charge is 0.310 e. The molecule has 4 heteroatoms. The second-order valence-corrected chi connectivity index (χ2v) is 16.5. The summed E-state index contributed by atoms with van der Waals surface area (Å²) in [6.07, 6.45) is 0. The third-order valence-electron chi connectivity index (χ3n) is 10.3. The van der Waals surface area contributed by atoms with Gasteiger partial charge in [-0.3, -0.25) is 0 Å². The zero-order chi connectivity index (χ0) is 34.2. The molecule has 0 aliphatic carbocycles. The lowest BCUT2D eigenvalue weighted by atomic mass is 9.98. The summed E-state index contributed by atoms with van der Waals surface area (Å²) in [5.41, 5.74) is 8.38. The highest BCUT2D eigenvalue weighted by atomic mass is 32.1. The fourth-order valence-electron chi connectivity index (χ4n) is 7.90. The predicted octanol–water partition coefficient (Wildman–Crippen LogP) is 15.6. The van der Waals surface area contributed by atoms with Gasteiger partial charge < -0.3 is 4.90 Å². The highest BCUT2D eigenvalue weighted by Crippen LogP contribution is 2.47. The number of fused-ring (bicyclic) bond motifs is 9. The number of benzene rings is 8. The number of rotatable bonds is 5. The van der Waals surface area contributed by atoms with Crippen LogP contribution in [0.15, 0.2) is 176 Å². The second-order valence-electron chi connectivity index (χ2n) is 13.3. The first-order chi connectivity index (χ1) is 25.8. The van der Waals surface area contributed by atoms with Gasteiger partial charge in [0.2, 0.25) is 0 Å². The molecular weight excluding hydrogens is 687 g/mol. The van der Waals surface area contributed by atoms with Crippen LogP contribution in [0.3, 0.4) is 0 Å². The quantitative estimate of drug-likeness (QED) is 0.171. The SMILES string of the molecule is c1cc(-c2ccc3c(c2)sc2ccccc23)cc(N(c2ccc(-c3cccc4sc5ccccc5c34)cc2)c2cccc3sc4ccccc4c23)c1. The van der Waals surface area contributed by atoms with Crippen LogP contribution in [-0.4, -0.2) is 0 Å². The predicted molar refractivity (Wildman–Crippen MR) is 231 cm³/mol. The molecule has 52 heavy (non-hydrogen) atoms. The van der Waals surface area contributed by atoms with Crippen molar-refractivity contribution in [3.63, 3.8) is 0 Å². The summed E-state index contributed by atoms with van der Waals surface area (Å²) in [6.45, 7) is 0. The van der Waals surface area contributed by atoms with E-state index in [4.69, 9.17) is 0 Å². The van der Waals surface area contributed by atoms with Crippen molar-refractivity contribution in [1.29, 1.82) is 0 Å². The maximum absolute atomic E-state index is 2.45. The van der Waals surface area contributed by atoms with Gasteiger partial charge in [-0.2, -0.15) is 0 Å². The molecule has 11 rings (SSSR count). The van der Waals surface area contributed by atoms with Crippen LogP contribution in [0.1, 0.15) is 0 Å². The Bertz CT molecular complexity index is 3140. The van der Waals surface area contributed by atoms with Crippen molar-refractivity contribution >= 4 is 112 Å². The maximum atomic E-state index is 2.45. The van der Waals surface area contributed by atoms with Gasteiger partial charge in [0.25, 0.3) is 0 Å². The molecule has 1 nitrogen and oxygen atoms in total. The van der Waals surface area contributed by atoms with E-state index in [0.29, 0.717) is 0 Å². The van der Waals surface area contributed by atoms with Crippen LogP contribution < -0.4 is 4.90 Å². The monoisotopic (exact) mass is 715 g/mol. The average molecular weight is 716 g/mol. The Balaban J connectivity index is 1.09. The number of thiophene rings is 3. The molecule has 0 bridgehead atoms. The fraction of sp³-hybridized carbons (Fsp3) is 0. The minimum absolute atomic E-state index is 1.13. The van der Waals surface area contributed by atoms with Gasteiger partial charge in [0.15, 0.2) is 0 Å². The molecule has 3 heterocycles. The van der Waals surface area contributed by atoms with Crippen LogP contribution in [0.25, 0.3) is 82.8 Å². The van der Waals surface area contributed by atoms with E-state index in [-0.39, 0.29) is 0 Å². The third-order valence-corrected chi connectivity index (χ3v) is 13.7. The van der Waals surface area contributed by atoms with E-state index in [1.54, 1.807) is 0 Å². The Morgan fingerprint density at radius 1 is 0.308 bits per heavy atom. The summed E-state index contributed by atoms with van der Waals surface area (Å²) in [6, 6.07) is 64.9. The lowest BCUT2D eigenvalue weighted by molar-refractivity contribution is 1.30. The van der Waals surface area contributed by atoms with Gasteiger partial charge in [0.1, 0.15) is 0 Å². The zero-order valence-corrected chi connectivity index (χ0v) is 30.4. The third kappa shape index (κ3) is 4.72. The van der Waals surface area contributed by atoms with Crippen LogP contribution in [0.2, 0.25) is 0 Å². The summed E-state index contributed by atoms with van der Waals surface area (Å²) < 4.78 is 7.91. The van der Waals surface area contributed by atoms with E-state index in [1.165, 1.54) is 88.5 Å². The van der Waals surface area contributed by atoms with Gasteiger partial charge in [-0.1, -0.05) is 109 Å². The van der Waals surface area contributed by atoms with E-state index in [1.807, 2.05) is 34.0 Å². The van der Waals surface area contributed by atoms with Gasteiger partial charge in [-0.05, 0) is 89.0 Å². The lowest BCUT2D eigenvalue weighted by Crippen LogP contribution is -2.10. The molecular formula is C48H29NS3. The Morgan fingerprint density at radius 2 is 0.846 bits per heavy atom. The molecule has 0 saturated heterocycles. The van der Waals surface area contributed by atoms with E-state index in [0.717, 1.165) is 11.4 Å². The van der Waals surface area contributed by atoms with Crippen molar-refractivity contribution in [1.82, 2.24) is 0 Å². The molecule has 0 amide bonds. The first kappa shape index (κ1) is 29.9. The van der Waals surface area contributed by atoms with Crippen LogP contribution >= 0.6 is 34.0 Å². The minimum atomic E-state index is 1.13. The van der Waals surface area contributed by atoms with Gasteiger partial charge in [-0.15, -0.1) is 34.0 Å². The van der Waals surface area contributed by atoms with Crippen molar-refractivity contribution < 1.29 is 0 Å². The van der Waals surface area contributed by atoms with Crippen molar-refractivity contribution in [3.8, 4) is 22.3 Å². The van der Waals surface area contributed by atoms with Crippen molar-refractivity contribution in [3.05, 3.63) is 176 Å². The topological polar surface area (TPSA) is 3.24 Å². The van der Waals surface area contributed by atoms with Crippen molar-refractivity contribution in [2.45, 2.75) is 0 Å². The number of nitrogens with zero attached hydrogens (tertiary/aromatic N) is 1. The van der Waals surface area contributed by atoms with Crippen LogP contribution in [0, 0.1) is 0 Å². The molecule has 8 aromatic carbocycles. The zero-order valence-electron chi connectivity index (χ0n) is 27.9. The number of hydrogen-bond donors (Lipinski definition) is 0. The summed E-state index contributed by atoms with van der Waals surface area (Å²) in [4.78, 5) is 2.45. The highest BCUT2D eigenvalue weighted by molar-refractivity contribution is 7.26. The highest BCUT2D eigenvalue weighted by Gasteiger charge is 2.20. The Hall–Kier alpha value is -5.78. The number of hydrogen-bond acceptors (Lipinski definition) is 4. The van der Waals surface area contributed by atoms with Crippen LogP contribution in [0.4, 0.5) is 17.1 Å². The standard InChI is InChI=1S/C48H29NS3/c1-4-17-41-36(12-1)37-27-24-32(29-46(37)52-41)31-10-7-11-34(28-31)49(40-16-9-21-45-48(40)39-14-3-6-19-43(39)51-45)33-25-22-30(23-26-33)35-15-8-20-44-47(35)38-13-2-5-18-42(38)50-44/h1-29H. The van der Waals surface area contributed by atoms with Gasteiger partial charge >= 0.3 is 0 Å². The molecule has 244 valence electrons. The van der Waals surface area contributed by atoms with E-state index < -0.39 is 0 Å². The summed E-state index contributed by atoms with van der Waals surface area (Å²) in [5, 5.41) is 7.90. The Kier molecular flexibility index (Phi) is 6.84. The minimum Gasteiger partial charge on any atom is -0.310 e. The molecule has 0 aliphatic rings. The average Bonchev–Trinajstić information content (AvgIpc) is 3.90. The Labute approximate surface area is 312 Å². The molecule has 0 aliphatic heterocycles. The molecule has 0 radical (unpaired) electrons. The van der Waals surface area contributed by atoms with Crippen molar-refractivity contribution in [2.75, 3.05) is 4.90 Å². The smallest absolute Gasteiger partial charge is 0.0554 e.